The quantitative estimate of drug-likeness (QED) is 0.250. The van der Waals surface area contributed by atoms with Gasteiger partial charge in [0.05, 0.1) is 22.7 Å². The molecule has 1 saturated heterocycles. The number of piperazine rings is 1. The number of nitrogens with zero attached hydrogens (tertiary/aromatic N) is 3. The second kappa shape index (κ2) is 10.6. The summed E-state index contributed by atoms with van der Waals surface area (Å²) < 4.78 is 8.63. The Labute approximate surface area is 225 Å². The molecular formula is C29H30BrN3O2S. The van der Waals surface area contributed by atoms with Crippen LogP contribution in [0.3, 0.4) is 0 Å². The number of aromatic nitrogens is 1. The Morgan fingerprint density at radius 2 is 1.69 bits per heavy atom. The summed E-state index contributed by atoms with van der Waals surface area (Å²) in [5.41, 5.74) is 5.36. The van der Waals surface area contributed by atoms with Crippen molar-refractivity contribution in [2.45, 2.75) is 17.6 Å². The minimum absolute atomic E-state index is 0.0954. The van der Waals surface area contributed by atoms with Gasteiger partial charge >= 0.3 is 0 Å². The van der Waals surface area contributed by atoms with Gasteiger partial charge in [0.1, 0.15) is 5.75 Å². The molecule has 3 aromatic carbocycles. The Morgan fingerprint density at radius 3 is 2.39 bits per heavy atom. The minimum atomic E-state index is 0.0954. The summed E-state index contributed by atoms with van der Waals surface area (Å²) in [6.45, 7) is 5.19. The lowest BCUT2D eigenvalue weighted by Crippen LogP contribution is -2.49. The molecule has 0 aliphatic carbocycles. The Kier molecular flexibility index (Phi) is 7.30. The topological polar surface area (TPSA) is 37.7 Å². The smallest absolute Gasteiger partial charge is 0.256 e. The van der Waals surface area contributed by atoms with Crippen molar-refractivity contribution in [1.82, 2.24) is 9.47 Å². The van der Waals surface area contributed by atoms with Gasteiger partial charge in [-0.1, -0.05) is 36.4 Å². The summed E-state index contributed by atoms with van der Waals surface area (Å²) in [5.74, 6) is 1.53. The monoisotopic (exact) mass is 563 g/mol. The van der Waals surface area contributed by atoms with Gasteiger partial charge in [-0.2, -0.15) is 0 Å². The highest BCUT2D eigenvalue weighted by atomic mass is 79.9. The van der Waals surface area contributed by atoms with Crippen molar-refractivity contribution in [3.63, 3.8) is 0 Å². The second-order valence-electron chi connectivity index (χ2n) is 9.05. The van der Waals surface area contributed by atoms with Crippen LogP contribution in [0.15, 0.2) is 76.1 Å². The minimum Gasteiger partial charge on any atom is -0.496 e. The lowest BCUT2D eigenvalue weighted by Gasteiger charge is -2.37. The highest BCUT2D eigenvalue weighted by Crippen LogP contribution is 2.37. The van der Waals surface area contributed by atoms with E-state index in [4.69, 9.17) is 4.74 Å². The number of thioether (sulfide) groups is 1. The number of hydrogen-bond donors (Lipinski definition) is 0. The fourth-order valence-electron chi connectivity index (χ4n) is 4.95. The molecule has 0 radical (unpaired) electrons. The Bertz CT molecular complexity index is 1390. The number of carbonyl (C=O) groups excluding carboxylic acids is 1. The molecule has 1 aliphatic heterocycles. The molecule has 0 unspecified atom stereocenters. The molecule has 186 valence electrons. The Hall–Kier alpha value is -2.90. The largest absolute Gasteiger partial charge is 0.496 e. The van der Waals surface area contributed by atoms with Crippen LogP contribution in [0, 0.1) is 6.92 Å². The van der Waals surface area contributed by atoms with Crippen LogP contribution in [0.2, 0.25) is 0 Å². The summed E-state index contributed by atoms with van der Waals surface area (Å²) >= 11 is 5.38. The number of hydrogen-bond acceptors (Lipinski definition) is 4. The number of amides is 1. The van der Waals surface area contributed by atoms with E-state index >= 15 is 0 Å². The second-order valence-corrected chi connectivity index (χ2v) is 11.0. The van der Waals surface area contributed by atoms with Crippen molar-refractivity contribution in [3.05, 3.63) is 88.0 Å². The molecule has 1 amide bonds. The third-order valence-corrected chi connectivity index (χ3v) is 8.59. The number of methoxy groups -OCH3 is 1. The van der Waals surface area contributed by atoms with E-state index < -0.39 is 0 Å². The lowest BCUT2D eigenvalue weighted by atomic mass is 10.1. The average Bonchev–Trinajstić information content (AvgIpc) is 3.17. The van der Waals surface area contributed by atoms with Gasteiger partial charge < -0.3 is 19.1 Å². The molecule has 4 aromatic rings. The molecular weight excluding hydrogens is 534 g/mol. The van der Waals surface area contributed by atoms with Crippen LogP contribution in [0.5, 0.6) is 5.75 Å². The lowest BCUT2D eigenvalue weighted by molar-refractivity contribution is 0.0747. The number of rotatable bonds is 6. The fourth-order valence-corrected chi connectivity index (χ4v) is 6.43. The molecule has 36 heavy (non-hydrogen) atoms. The third kappa shape index (κ3) is 4.74. The van der Waals surface area contributed by atoms with Gasteiger partial charge in [0.2, 0.25) is 0 Å². The molecule has 0 atom stereocenters. The van der Waals surface area contributed by atoms with Crippen molar-refractivity contribution in [3.8, 4) is 5.75 Å². The van der Waals surface area contributed by atoms with Gasteiger partial charge in [0, 0.05) is 60.6 Å². The van der Waals surface area contributed by atoms with E-state index in [1.165, 1.54) is 16.1 Å². The Balaban J connectivity index is 1.47. The number of anilines is 1. The van der Waals surface area contributed by atoms with Gasteiger partial charge in [0.25, 0.3) is 5.91 Å². The molecule has 2 heterocycles. The van der Waals surface area contributed by atoms with Crippen molar-refractivity contribution >= 4 is 50.2 Å². The van der Waals surface area contributed by atoms with Gasteiger partial charge in [-0.15, -0.1) is 11.8 Å². The first kappa shape index (κ1) is 24.8. The molecule has 1 fully saturated rings. The fraction of sp³-hybridized carbons (Fsp3) is 0.276. The summed E-state index contributed by atoms with van der Waals surface area (Å²) in [6.07, 6.45) is 0. The zero-order chi connectivity index (χ0) is 25.2. The summed E-state index contributed by atoms with van der Waals surface area (Å²) in [7, 11) is 3.71. The molecule has 1 aliphatic rings. The first-order valence-electron chi connectivity index (χ1n) is 12.1. The molecule has 0 bridgehead atoms. The van der Waals surface area contributed by atoms with E-state index in [9.17, 15) is 4.79 Å². The number of halogens is 1. The van der Waals surface area contributed by atoms with E-state index in [-0.39, 0.29) is 5.91 Å². The maximum Gasteiger partial charge on any atom is 0.256 e. The average molecular weight is 565 g/mol. The molecule has 7 heteroatoms. The summed E-state index contributed by atoms with van der Waals surface area (Å²) in [4.78, 5) is 19.7. The molecule has 0 spiro atoms. The van der Waals surface area contributed by atoms with Crippen LogP contribution >= 0.6 is 27.7 Å². The number of carbonyl (C=O) groups is 1. The Morgan fingerprint density at radius 1 is 1.00 bits per heavy atom. The van der Waals surface area contributed by atoms with Crippen molar-refractivity contribution in [2.75, 3.05) is 38.2 Å². The molecule has 0 saturated carbocycles. The van der Waals surface area contributed by atoms with Crippen LogP contribution in [-0.2, 0) is 12.8 Å². The normalized spacial score (nSPS) is 13.9. The van der Waals surface area contributed by atoms with E-state index in [1.807, 2.05) is 29.2 Å². The van der Waals surface area contributed by atoms with Gasteiger partial charge in [-0.05, 0) is 58.7 Å². The van der Waals surface area contributed by atoms with Crippen LogP contribution < -0.4 is 9.64 Å². The maximum absolute atomic E-state index is 14.1. The van der Waals surface area contributed by atoms with Gasteiger partial charge in [-0.3, -0.25) is 4.79 Å². The zero-order valence-electron chi connectivity index (χ0n) is 20.8. The van der Waals surface area contributed by atoms with E-state index in [2.05, 4.69) is 81.8 Å². The zero-order valence-corrected chi connectivity index (χ0v) is 23.2. The van der Waals surface area contributed by atoms with Crippen LogP contribution in [0.4, 0.5) is 5.69 Å². The summed E-state index contributed by atoms with van der Waals surface area (Å²) in [5, 5.41) is 0.938. The highest BCUT2D eigenvalue weighted by molar-refractivity contribution is 9.10. The predicted octanol–water partition coefficient (Wildman–Crippen LogP) is 6.51. The third-order valence-electron chi connectivity index (χ3n) is 6.95. The number of benzene rings is 3. The predicted molar refractivity (Wildman–Crippen MR) is 152 cm³/mol. The molecule has 0 N–H and O–H groups in total. The standard InChI is InChI=1S/C29H30BrN3O2S/c1-20-9-7-8-12-24(20)32-13-15-33(16-14-32)29(34)28-22-17-27(35-3)23(30)18-25(22)31(2)26(28)19-36-21-10-5-4-6-11-21/h4-12,17-18H,13-16,19H2,1-3H3. The highest BCUT2D eigenvalue weighted by Gasteiger charge is 2.29. The van der Waals surface area contributed by atoms with Crippen molar-refractivity contribution in [2.24, 2.45) is 7.05 Å². The number of aryl methyl sites for hydroxylation is 2. The van der Waals surface area contributed by atoms with E-state index in [1.54, 1.807) is 18.9 Å². The number of fused-ring (bicyclic) bond motifs is 1. The maximum atomic E-state index is 14.1. The molecule has 5 rings (SSSR count). The molecule has 1 aromatic heterocycles. The van der Waals surface area contributed by atoms with E-state index in [0.29, 0.717) is 18.8 Å². The first-order valence-corrected chi connectivity index (χ1v) is 13.9. The summed E-state index contributed by atoms with van der Waals surface area (Å²) in [6, 6.07) is 22.8. The van der Waals surface area contributed by atoms with Gasteiger partial charge in [0.15, 0.2) is 0 Å². The van der Waals surface area contributed by atoms with E-state index in [0.717, 1.165) is 45.5 Å². The number of para-hydroxylation sites is 1. The molecule has 5 nitrogen and oxygen atoms in total. The van der Waals surface area contributed by atoms with Crippen molar-refractivity contribution in [1.29, 1.82) is 0 Å². The number of ether oxygens (including phenoxy) is 1. The van der Waals surface area contributed by atoms with Gasteiger partial charge in [-0.25, -0.2) is 0 Å². The first-order chi connectivity index (χ1) is 17.5. The SMILES string of the molecule is COc1cc2c(C(=O)N3CCN(c4ccccc4C)CC3)c(CSc3ccccc3)n(C)c2cc1Br. The van der Waals surface area contributed by atoms with Crippen LogP contribution in [0.25, 0.3) is 10.9 Å². The van der Waals surface area contributed by atoms with Crippen LogP contribution in [0.1, 0.15) is 21.6 Å². The van der Waals surface area contributed by atoms with Crippen LogP contribution in [-0.4, -0.2) is 48.7 Å². The van der Waals surface area contributed by atoms with Crippen molar-refractivity contribution < 1.29 is 9.53 Å².